The number of carbonyl (C=O) groups excluding carboxylic acids is 1. The summed E-state index contributed by atoms with van der Waals surface area (Å²) in [5, 5.41) is 3.30. The van der Waals surface area contributed by atoms with Gasteiger partial charge in [0.25, 0.3) is 0 Å². The number of aryl methyl sites for hydroxylation is 1. The van der Waals surface area contributed by atoms with Crippen molar-refractivity contribution in [2.24, 2.45) is 7.05 Å². The summed E-state index contributed by atoms with van der Waals surface area (Å²) in [7, 11) is 1.67. The number of fused-ring (bicyclic) bond motifs is 1. The SMILES string of the molecule is Cn1c(=O)n(CC(=O)Nc2cccc(Cl)c2Cl)c2ccccc21. The van der Waals surface area contributed by atoms with Crippen molar-refractivity contribution in [3.05, 3.63) is 63.0 Å². The van der Waals surface area contributed by atoms with Gasteiger partial charge in [-0.2, -0.15) is 0 Å². The van der Waals surface area contributed by atoms with Crippen LogP contribution in [0.1, 0.15) is 0 Å². The highest BCUT2D eigenvalue weighted by molar-refractivity contribution is 6.43. The number of nitrogens with one attached hydrogen (secondary N) is 1. The molecule has 0 saturated carbocycles. The number of anilines is 1. The minimum atomic E-state index is -0.354. The van der Waals surface area contributed by atoms with Gasteiger partial charge in [0.2, 0.25) is 5.91 Å². The van der Waals surface area contributed by atoms with Crippen LogP contribution in [-0.2, 0) is 18.4 Å². The van der Waals surface area contributed by atoms with Gasteiger partial charge >= 0.3 is 5.69 Å². The van der Waals surface area contributed by atoms with Crippen molar-refractivity contribution in [3.63, 3.8) is 0 Å². The fourth-order valence-electron chi connectivity index (χ4n) is 2.45. The summed E-state index contributed by atoms with van der Waals surface area (Å²) in [5.41, 5.74) is 1.63. The summed E-state index contributed by atoms with van der Waals surface area (Å²) in [6.07, 6.45) is 0. The molecule has 0 fully saturated rings. The zero-order valence-corrected chi connectivity index (χ0v) is 13.7. The Hall–Kier alpha value is -2.24. The lowest BCUT2D eigenvalue weighted by Crippen LogP contribution is -2.28. The third kappa shape index (κ3) is 2.85. The average Bonchev–Trinajstić information content (AvgIpc) is 2.77. The first kappa shape index (κ1) is 15.6. The Labute approximate surface area is 142 Å². The van der Waals surface area contributed by atoms with Gasteiger partial charge in [-0.3, -0.25) is 13.9 Å². The summed E-state index contributed by atoms with van der Waals surface area (Å²) in [6.45, 7) is -0.108. The minimum Gasteiger partial charge on any atom is -0.323 e. The van der Waals surface area contributed by atoms with Crippen molar-refractivity contribution in [2.45, 2.75) is 6.54 Å². The number of amides is 1. The Morgan fingerprint density at radius 3 is 2.52 bits per heavy atom. The van der Waals surface area contributed by atoms with Gasteiger partial charge in [-0.25, -0.2) is 4.79 Å². The quantitative estimate of drug-likeness (QED) is 0.788. The molecule has 2 aromatic carbocycles. The van der Waals surface area contributed by atoms with Gasteiger partial charge in [0.15, 0.2) is 0 Å². The molecule has 0 aliphatic heterocycles. The van der Waals surface area contributed by atoms with E-state index in [0.29, 0.717) is 16.2 Å². The predicted molar refractivity (Wildman–Crippen MR) is 92.3 cm³/mol. The Morgan fingerprint density at radius 1 is 1.09 bits per heavy atom. The van der Waals surface area contributed by atoms with E-state index < -0.39 is 0 Å². The van der Waals surface area contributed by atoms with Crippen LogP contribution < -0.4 is 11.0 Å². The van der Waals surface area contributed by atoms with E-state index in [1.165, 1.54) is 9.13 Å². The van der Waals surface area contributed by atoms with E-state index in [1.807, 2.05) is 18.2 Å². The standard InChI is InChI=1S/C16H13Cl2N3O2/c1-20-12-7-2-3-8-13(12)21(16(20)23)9-14(22)19-11-6-4-5-10(17)15(11)18/h2-8H,9H2,1H3,(H,19,22). The molecule has 1 aromatic heterocycles. The Morgan fingerprint density at radius 2 is 1.78 bits per heavy atom. The normalized spacial score (nSPS) is 10.9. The van der Waals surface area contributed by atoms with Gasteiger partial charge in [-0.15, -0.1) is 0 Å². The number of hydrogen-bond acceptors (Lipinski definition) is 2. The van der Waals surface area contributed by atoms with Gasteiger partial charge in [0.1, 0.15) is 6.54 Å². The Balaban J connectivity index is 1.91. The molecule has 0 aliphatic rings. The molecule has 3 aromatic rings. The van der Waals surface area contributed by atoms with Crippen LogP contribution in [0.2, 0.25) is 10.0 Å². The van der Waals surface area contributed by atoms with Crippen LogP contribution in [0, 0.1) is 0 Å². The maximum atomic E-state index is 12.3. The van der Waals surface area contributed by atoms with Crippen molar-refractivity contribution in [2.75, 3.05) is 5.32 Å². The van der Waals surface area contributed by atoms with Gasteiger partial charge in [0.05, 0.1) is 26.8 Å². The van der Waals surface area contributed by atoms with Gasteiger partial charge in [0, 0.05) is 7.05 Å². The Kier molecular flexibility index (Phi) is 4.15. The third-order valence-electron chi connectivity index (χ3n) is 3.58. The maximum Gasteiger partial charge on any atom is 0.329 e. The summed E-state index contributed by atoms with van der Waals surface area (Å²) in [5.74, 6) is -0.354. The number of nitrogens with zero attached hydrogens (tertiary/aromatic N) is 2. The summed E-state index contributed by atoms with van der Waals surface area (Å²) < 4.78 is 2.93. The zero-order chi connectivity index (χ0) is 16.6. The van der Waals surface area contributed by atoms with E-state index in [0.717, 1.165) is 5.52 Å². The number of hydrogen-bond donors (Lipinski definition) is 1. The second-order valence-electron chi connectivity index (χ2n) is 5.07. The van der Waals surface area contributed by atoms with Crippen molar-refractivity contribution in [3.8, 4) is 0 Å². The van der Waals surface area contributed by atoms with Crippen LogP contribution in [0.4, 0.5) is 5.69 Å². The monoisotopic (exact) mass is 349 g/mol. The molecule has 0 saturated heterocycles. The first-order valence-corrected chi connectivity index (χ1v) is 7.62. The van der Waals surface area contributed by atoms with E-state index in [1.54, 1.807) is 31.3 Å². The number of imidazole rings is 1. The van der Waals surface area contributed by atoms with Gasteiger partial charge < -0.3 is 5.32 Å². The molecule has 1 heterocycles. The number of aromatic nitrogens is 2. The molecule has 0 unspecified atom stereocenters. The molecule has 0 radical (unpaired) electrons. The number of para-hydroxylation sites is 2. The smallest absolute Gasteiger partial charge is 0.323 e. The molecule has 5 nitrogen and oxygen atoms in total. The summed E-state index contributed by atoms with van der Waals surface area (Å²) in [4.78, 5) is 24.6. The molecular weight excluding hydrogens is 337 g/mol. The molecule has 0 aliphatic carbocycles. The zero-order valence-electron chi connectivity index (χ0n) is 12.2. The molecule has 0 bridgehead atoms. The third-order valence-corrected chi connectivity index (χ3v) is 4.40. The lowest BCUT2D eigenvalue weighted by Gasteiger charge is -2.08. The number of halogens is 2. The van der Waals surface area contributed by atoms with Crippen LogP contribution >= 0.6 is 23.2 Å². The highest BCUT2D eigenvalue weighted by atomic mass is 35.5. The fraction of sp³-hybridized carbons (Fsp3) is 0.125. The van der Waals surface area contributed by atoms with E-state index >= 15 is 0 Å². The molecule has 23 heavy (non-hydrogen) atoms. The van der Waals surface area contributed by atoms with Crippen LogP contribution in [0.15, 0.2) is 47.3 Å². The lowest BCUT2D eigenvalue weighted by molar-refractivity contribution is -0.116. The van der Waals surface area contributed by atoms with Gasteiger partial charge in [-0.1, -0.05) is 41.4 Å². The number of benzene rings is 2. The van der Waals surface area contributed by atoms with Gasteiger partial charge in [-0.05, 0) is 24.3 Å². The molecule has 7 heteroatoms. The first-order chi connectivity index (χ1) is 11.0. The molecular formula is C16H13Cl2N3O2. The maximum absolute atomic E-state index is 12.3. The van der Waals surface area contributed by atoms with E-state index in [9.17, 15) is 9.59 Å². The van der Waals surface area contributed by atoms with Crippen molar-refractivity contribution < 1.29 is 4.79 Å². The fourth-order valence-corrected chi connectivity index (χ4v) is 2.80. The lowest BCUT2D eigenvalue weighted by atomic mass is 10.3. The highest BCUT2D eigenvalue weighted by Gasteiger charge is 2.14. The number of carbonyl (C=O) groups is 1. The highest BCUT2D eigenvalue weighted by Crippen LogP contribution is 2.29. The van der Waals surface area contributed by atoms with E-state index in [2.05, 4.69) is 5.32 Å². The summed E-state index contributed by atoms with van der Waals surface area (Å²) in [6, 6.07) is 12.3. The molecule has 0 atom stereocenters. The van der Waals surface area contributed by atoms with E-state index in [-0.39, 0.29) is 23.2 Å². The second kappa shape index (κ2) is 6.10. The first-order valence-electron chi connectivity index (χ1n) is 6.87. The molecule has 0 spiro atoms. The van der Waals surface area contributed by atoms with Crippen LogP contribution in [0.3, 0.4) is 0 Å². The topological polar surface area (TPSA) is 56.0 Å². The molecule has 118 valence electrons. The molecule has 1 amide bonds. The Bertz CT molecular complexity index is 960. The van der Waals surface area contributed by atoms with Crippen molar-refractivity contribution in [1.82, 2.24) is 9.13 Å². The van der Waals surface area contributed by atoms with Crippen molar-refractivity contribution in [1.29, 1.82) is 0 Å². The average molecular weight is 350 g/mol. The summed E-state index contributed by atoms with van der Waals surface area (Å²) >= 11 is 12.0. The molecule has 3 rings (SSSR count). The second-order valence-corrected chi connectivity index (χ2v) is 5.85. The van der Waals surface area contributed by atoms with E-state index in [4.69, 9.17) is 23.2 Å². The van der Waals surface area contributed by atoms with Crippen LogP contribution in [-0.4, -0.2) is 15.0 Å². The molecule has 1 N–H and O–H groups in total. The van der Waals surface area contributed by atoms with Crippen LogP contribution in [0.25, 0.3) is 11.0 Å². The number of rotatable bonds is 3. The van der Waals surface area contributed by atoms with Crippen LogP contribution in [0.5, 0.6) is 0 Å². The van der Waals surface area contributed by atoms with Crippen molar-refractivity contribution >= 4 is 45.8 Å². The minimum absolute atomic E-state index is 0.108. The predicted octanol–water partition coefficient (Wildman–Crippen LogP) is 3.29. The largest absolute Gasteiger partial charge is 0.329 e.